The van der Waals surface area contributed by atoms with Crippen molar-refractivity contribution in [3.8, 4) is 17.6 Å². The topological polar surface area (TPSA) is 112 Å². The number of hydrogen-bond donors (Lipinski definition) is 2. The summed E-state index contributed by atoms with van der Waals surface area (Å²) in [4.78, 5) is 36.4. The number of anilines is 1. The van der Waals surface area contributed by atoms with Gasteiger partial charge in [-0.25, -0.2) is 0 Å². The van der Waals surface area contributed by atoms with Crippen LogP contribution in [0.25, 0.3) is 0 Å². The van der Waals surface area contributed by atoms with E-state index in [1.165, 1.54) is 6.20 Å². The largest absolute Gasteiger partial charge is 0.457 e. The van der Waals surface area contributed by atoms with Crippen molar-refractivity contribution in [1.29, 1.82) is 5.26 Å². The molecule has 30 heavy (non-hydrogen) atoms. The molecule has 0 spiro atoms. The molecule has 9 heteroatoms. The molecule has 152 valence electrons. The van der Waals surface area contributed by atoms with Crippen LogP contribution < -0.4 is 15.4 Å². The van der Waals surface area contributed by atoms with Gasteiger partial charge in [0.2, 0.25) is 5.91 Å². The summed E-state index contributed by atoms with van der Waals surface area (Å²) in [6, 6.07) is 17.9. The highest BCUT2D eigenvalue weighted by Crippen LogP contribution is 2.22. The van der Waals surface area contributed by atoms with Crippen LogP contribution in [0.4, 0.5) is 10.5 Å². The fraction of sp³-hybridized carbons (Fsp3) is 0.143. The number of imide groups is 1. The maximum Gasteiger partial charge on any atom is 0.288 e. The number of nitrogens with zero attached hydrogens (tertiary/aromatic N) is 2. The van der Waals surface area contributed by atoms with Gasteiger partial charge in [-0.1, -0.05) is 30.0 Å². The van der Waals surface area contributed by atoms with E-state index in [4.69, 9.17) is 4.74 Å². The van der Waals surface area contributed by atoms with Crippen molar-refractivity contribution in [2.24, 2.45) is 0 Å². The Morgan fingerprint density at radius 1 is 1.13 bits per heavy atom. The van der Waals surface area contributed by atoms with E-state index < -0.39 is 5.91 Å². The lowest BCUT2D eigenvalue weighted by Crippen LogP contribution is -2.34. The summed E-state index contributed by atoms with van der Waals surface area (Å²) in [5.74, 6) is 0.641. The molecular weight excluding hydrogens is 404 g/mol. The number of ether oxygens (including phenoxy) is 1. The zero-order chi connectivity index (χ0) is 21.3. The molecule has 1 saturated heterocycles. The number of nitriles is 1. The number of para-hydroxylation sites is 1. The molecule has 0 bridgehead atoms. The second kappa shape index (κ2) is 10.1. The van der Waals surface area contributed by atoms with Crippen molar-refractivity contribution in [3.63, 3.8) is 0 Å². The summed E-state index contributed by atoms with van der Waals surface area (Å²) < 4.78 is 5.69. The van der Waals surface area contributed by atoms with E-state index in [-0.39, 0.29) is 35.6 Å². The molecule has 2 N–H and O–H groups in total. The number of nitrogens with one attached hydrogen (secondary N) is 2. The first-order valence-corrected chi connectivity index (χ1v) is 10.0. The quantitative estimate of drug-likeness (QED) is 0.382. The number of hydrogen-bond acceptors (Lipinski definition) is 7. The van der Waals surface area contributed by atoms with Gasteiger partial charge in [0.05, 0.1) is 5.75 Å². The summed E-state index contributed by atoms with van der Waals surface area (Å²) in [5.41, 5.74) is 0.375. The van der Waals surface area contributed by atoms with Crippen molar-refractivity contribution >= 4 is 34.5 Å². The average Bonchev–Trinajstić information content (AvgIpc) is 3.08. The van der Waals surface area contributed by atoms with Gasteiger partial charge in [0.15, 0.2) is 0 Å². The van der Waals surface area contributed by atoms with Gasteiger partial charge in [-0.05, 0) is 36.4 Å². The van der Waals surface area contributed by atoms with E-state index in [1.54, 1.807) is 24.3 Å². The molecule has 2 aromatic rings. The van der Waals surface area contributed by atoms with Crippen LogP contribution in [-0.4, -0.2) is 40.8 Å². The molecule has 8 nitrogen and oxygen atoms in total. The lowest BCUT2D eigenvalue weighted by Gasteiger charge is -2.12. The molecule has 1 fully saturated rings. The van der Waals surface area contributed by atoms with Crippen LogP contribution in [0.1, 0.15) is 0 Å². The number of benzene rings is 2. The van der Waals surface area contributed by atoms with Crippen molar-refractivity contribution in [3.05, 3.63) is 66.4 Å². The highest BCUT2D eigenvalue weighted by molar-refractivity contribution is 8.14. The van der Waals surface area contributed by atoms with Gasteiger partial charge in [0, 0.05) is 25.0 Å². The number of rotatable bonds is 8. The molecule has 1 heterocycles. The maximum atomic E-state index is 12.3. The fourth-order valence-corrected chi connectivity index (χ4v) is 3.28. The van der Waals surface area contributed by atoms with Gasteiger partial charge in [-0.2, -0.15) is 5.26 Å². The highest BCUT2D eigenvalue weighted by Gasteiger charge is 2.28. The SMILES string of the molecule is N#C/C(=C/NCCN1C(=O)CSC1=O)C(=O)Nc1ccc(Oc2ccccc2)cc1. The summed E-state index contributed by atoms with van der Waals surface area (Å²) in [5, 5.41) is 14.3. The predicted octanol–water partition coefficient (Wildman–Crippen LogP) is 3.11. The zero-order valence-electron chi connectivity index (χ0n) is 15.8. The first kappa shape index (κ1) is 21.0. The molecule has 3 rings (SSSR count). The normalized spacial score (nSPS) is 13.7. The third-order valence-electron chi connectivity index (χ3n) is 4.02. The van der Waals surface area contributed by atoms with Crippen molar-refractivity contribution in [2.45, 2.75) is 0 Å². The fourth-order valence-electron chi connectivity index (χ4n) is 2.53. The number of carbonyl (C=O) groups is 3. The van der Waals surface area contributed by atoms with Crippen molar-refractivity contribution in [1.82, 2.24) is 10.2 Å². The summed E-state index contributed by atoms with van der Waals surface area (Å²) in [6.45, 7) is 0.409. The minimum Gasteiger partial charge on any atom is -0.457 e. The van der Waals surface area contributed by atoms with E-state index in [9.17, 15) is 19.6 Å². The van der Waals surface area contributed by atoms with E-state index in [0.29, 0.717) is 17.2 Å². The standard InChI is InChI=1S/C21H18N4O4S/c22-12-15(13-23-10-11-25-19(26)14-30-21(25)28)20(27)24-16-6-8-18(9-7-16)29-17-4-2-1-3-5-17/h1-9,13,23H,10-11,14H2,(H,24,27)/b15-13-. The third-order valence-corrected chi connectivity index (χ3v) is 4.88. The van der Waals surface area contributed by atoms with Crippen LogP contribution in [-0.2, 0) is 9.59 Å². The first-order valence-electron chi connectivity index (χ1n) is 9.02. The van der Waals surface area contributed by atoms with Gasteiger partial charge in [0.25, 0.3) is 11.1 Å². The lowest BCUT2D eigenvalue weighted by molar-refractivity contribution is -0.124. The van der Waals surface area contributed by atoms with Gasteiger partial charge in [-0.15, -0.1) is 0 Å². The van der Waals surface area contributed by atoms with E-state index in [1.807, 2.05) is 36.4 Å². The summed E-state index contributed by atoms with van der Waals surface area (Å²) in [6.07, 6.45) is 1.26. The minimum atomic E-state index is -0.578. The van der Waals surface area contributed by atoms with Crippen molar-refractivity contribution < 1.29 is 19.1 Å². The zero-order valence-corrected chi connectivity index (χ0v) is 16.6. The van der Waals surface area contributed by atoms with Crippen LogP contribution in [0.2, 0.25) is 0 Å². The molecular formula is C21H18N4O4S. The van der Waals surface area contributed by atoms with Gasteiger partial charge in [0.1, 0.15) is 23.1 Å². The number of amides is 3. The highest BCUT2D eigenvalue weighted by atomic mass is 32.2. The molecule has 0 unspecified atom stereocenters. The Labute approximate surface area is 177 Å². The van der Waals surface area contributed by atoms with Gasteiger partial charge >= 0.3 is 0 Å². The van der Waals surface area contributed by atoms with E-state index in [0.717, 1.165) is 16.7 Å². The lowest BCUT2D eigenvalue weighted by atomic mass is 10.2. The number of thioether (sulfide) groups is 1. The Hall–Kier alpha value is -3.77. The Bertz CT molecular complexity index is 984. The Balaban J connectivity index is 1.50. The average molecular weight is 422 g/mol. The molecule has 2 aromatic carbocycles. The smallest absolute Gasteiger partial charge is 0.288 e. The Kier molecular flexibility index (Phi) is 7.08. The molecule has 1 aliphatic rings. The minimum absolute atomic E-state index is 0.131. The number of carbonyl (C=O) groups excluding carboxylic acids is 3. The van der Waals surface area contributed by atoms with E-state index in [2.05, 4.69) is 10.6 Å². The van der Waals surface area contributed by atoms with Crippen LogP contribution >= 0.6 is 11.8 Å². The molecule has 0 aliphatic carbocycles. The van der Waals surface area contributed by atoms with E-state index >= 15 is 0 Å². The van der Waals surface area contributed by atoms with Crippen molar-refractivity contribution in [2.75, 3.05) is 24.2 Å². The molecule has 3 amide bonds. The van der Waals surface area contributed by atoms with Crippen LogP contribution in [0.3, 0.4) is 0 Å². The van der Waals surface area contributed by atoms with Crippen LogP contribution in [0.5, 0.6) is 11.5 Å². The van der Waals surface area contributed by atoms with Gasteiger partial charge in [-0.3, -0.25) is 19.3 Å². The first-order chi connectivity index (χ1) is 14.6. The molecule has 0 aromatic heterocycles. The monoisotopic (exact) mass is 422 g/mol. The molecule has 0 saturated carbocycles. The summed E-state index contributed by atoms with van der Waals surface area (Å²) >= 11 is 0.959. The predicted molar refractivity (Wildman–Crippen MR) is 113 cm³/mol. The second-order valence-electron chi connectivity index (χ2n) is 6.12. The van der Waals surface area contributed by atoms with Gasteiger partial charge < -0.3 is 15.4 Å². The summed E-state index contributed by atoms with van der Waals surface area (Å²) in [7, 11) is 0. The molecule has 0 radical (unpaired) electrons. The van der Waals surface area contributed by atoms with Crippen LogP contribution in [0.15, 0.2) is 66.4 Å². The molecule has 1 aliphatic heterocycles. The molecule has 0 atom stereocenters. The third kappa shape index (κ3) is 5.62. The Morgan fingerprint density at radius 2 is 1.83 bits per heavy atom. The Morgan fingerprint density at radius 3 is 2.47 bits per heavy atom. The second-order valence-corrected chi connectivity index (χ2v) is 7.04. The van der Waals surface area contributed by atoms with Crippen LogP contribution in [0, 0.1) is 11.3 Å². The maximum absolute atomic E-state index is 12.3.